The first-order chi connectivity index (χ1) is 11.4. The second-order valence-electron chi connectivity index (χ2n) is 5.71. The van der Waals surface area contributed by atoms with Crippen molar-refractivity contribution >= 4 is 11.2 Å². The molecule has 1 aliphatic rings. The number of benzene rings is 2. The van der Waals surface area contributed by atoms with E-state index in [1.807, 2.05) is 22.8 Å². The van der Waals surface area contributed by atoms with E-state index < -0.39 is 0 Å². The Morgan fingerprint density at radius 2 is 1.74 bits per heavy atom. The molecule has 3 heterocycles. The van der Waals surface area contributed by atoms with Gasteiger partial charge in [-0.15, -0.1) is 0 Å². The standard InChI is InChI=1S/C19H14N4/c1-2-6-13(7-3-1)17-15-10-11-23-19(15)18(20-12-21-23)14-8-4-5-9-16(14)22-17/h1-12,17,22H. The first-order valence-electron chi connectivity index (χ1n) is 7.65. The fraction of sp³-hybridized carbons (Fsp3) is 0.0526. The van der Waals surface area contributed by atoms with Crippen molar-refractivity contribution in [3.63, 3.8) is 0 Å². The van der Waals surface area contributed by atoms with Crippen molar-refractivity contribution in [2.24, 2.45) is 0 Å². The zero-order valence-corrected chi connectivity index (χ0v) is 12.3. The molecule has 5 rings (SSSR count). The van der Waals surface area contributed by atoms with Crippen LogP contribution in [0.5, 0.6) is 0 Å². The van der Waals surface area contributed by atoms with Crippen LogP contribution in [0.25, 0.3) is 16.8 Å². The van der Waals surface area contributed by atoms with Crippen LogP contribution in [-0.4, -0.2) is 14.6 Å². The molecule has 2 aromatic carbocycles. The summed E-state index contributed by atoms with van der Waals surface area (Å²) in [6.45, 7) is 0. The topological polar surface area (TPSA) is 42.2 Å². The van der Waals surface area contributed by atoms with Gasteiger partial charge in [0, 0.05) is 23.0 Å². The molecule has 0 saturated heterocycles. The lowest BCUT2D eigenvalue weighted by atomic mass is 10.00. The van der Waals surface area contributed by atoms with Crippen LogP contribution < -0.4 is 5.32 Å². The second-order valence-corrected chi connectivity index (χ2v) is 5.71. The van der Waals surface area contributed by atoms with Crippen LogP contribution in [0.1, 0.15) is 17.2 Å². The van der Waals surface area contributed by atoms with E-state index in [0.29, 0.717) is 0 Å². The third-order valence-corrected chi connectivity index (χ3v) is 4.41. The van der Waals surface area contributed by atoms with Crippen LogP contribution in [0, 0.1) is 0 Å². The van der Waals surface area contributed by atoms with Crippen LogP contribution >= 0.6 is 0 Å². The molecule has 110 valence electrons. The van der Waals surface area contributed by atoms with Gasteiger partial charge in [-0.25, -0.2) is 9.50 Å². The van der Waals surface area contributed by atoms with Crippen molar-refractivity contribution in [2.75, 3.05) is 5.32 Å². The van der Waals surface area contributed by atoms with Crippen molar-refractivity contribution in [3.05, 3.63) is 84.3 Å². The molecular formula is C19H14N4. The smallest absolute Gasteiger partial charge is 0.137 e. The Kier molecular flexibility index (Phi) is 2.52. The molecule has 0 fully saturated rings. The van der Waals surface area contributed by atoms with E-state index in [1.165, 1.54) is 11.1 Å². The molecule has 1 N–H and O–H groups in total. The number of para-hydroxylation sites is 1. The third kappa shape index (κ3) is 1.78. The summed E-state index contributed by atoms with van der Waals surface area (Å²) in [5.41, 5.74) is 6.67. The summed E-state index contributed by atoms with van der Waals surface area (Å²) in [5, 5.41) is 8.05. The minimum Gasteiger partial charge on any atom is -0.374 e. The van der Waals surface area contributed by atoms with E-state index in [1.54, 1.807) is 6.33 Å². The normalized spacial score (nSPS) is 15.7. The van der Waals surface area contributed by atoms with Gasteiger partial charge in [-0.3, -0.25) is 0 Å². The quantitative estimate of drug-likeness (QED) is 0.579. The predicted molar refractivity (Wildman–Crippen MR) is 90.3 cm³/mol. The second kappa shape index (κ2) is 4.68. The van der Waals surface area contributed by atoms with Gasteiger partial charge in [0.2, 0.25) is 0 Å². The van der Waals surface area contributed by atoms with Crippen molar-refractivity contribution in [3.8, 4) is 11.3 Å². The number of aromatic nitrogens is 3. The Hall–Kier alpha value is -3.14. The molecule has 4 heteroatoms. The van der Waals surface area contributed by atoms with Gasteiger partial charge in [-0.2, -0.15) is 5.10 Å². The Bertz CT molecular complexity index is 1000. The van der Waals surface area contributed by atoms with Crippen molar-refractivity contribution in [2.45, 2.75) is 6.04 Å². The number of nitrogens with zero attached hydrogens (tertiary/aromatic N) is 3. The number of hydrogen-bond acceptors (Lipinski definition) is 3. The first kappa shape index (κ1) is 12.4. The Balaban J connectivity index is 1.87. The predicted octanol–water partition coefficient (Wildman–Crippen LogP) is 3.91. The Labute approximate surface area is 133 Å². The largest absolute Gasteiger partial charge is 0.374 e. The lowest BCUT2D eigenvalue weighted by Gasteiger charge is -2.19. The highest BCUT2D eigenvalue weighted by atomic mass is 15.2. The highest BCUT2D eigenvalue weighted by Crippen LogP contribution is 2.40. The van der Waals surface area contributed by atoms with Crippen LogP contribution in [0.2, 0.25) is 0 Å². The zero-order valence-electron chi connectivity index (χ0n) is 12.3. The molecule has 1 unspecified atom stereocenters. The minimum absolute atomic E-state index is 0.0783. The average molecular weight is 298 g/mol. The highest BCUT2D eigenvalue weighted by molar-refractivity contribution is 5.89. The zero-order chi connectivity index (χ0) is 15.2. The molecule has 1 atom stereocenters. The maximum Gasteiger partial charge on any atom is 0.137 e. The number of rotatable bonds is 1. The summed E-state index contributed by atoms with van der Waals surface area (Å²) < 4.78 is 1.91. The van der Waals surface area contributed by atoms with Crippen molar-refractivity contribution in [1.82, 2.24) is 14.6 Å². The summed E-state index contributed by atoms with van der Waals surface area (Å²) in [5.74, 6) is 0. The van der Waals surface area contributed by atoms with Gasteiger partial charge in [0.05, 0.1) is 11.6 Å². The van der Waals surface area contributed by atoms with E-state index in [-0.39, 0.29) is 6.04 Å². The summed E-state index contributed by atoms with van der Waals surface area (Å²) in [6.07, 6.45) is 3.62. The highest BCUT2D eigenvalue weighted by Gasteiger charge is 2.26. The molecular weight excluding hydrogens is 284 g/mol. The van der Waals surface area contributed by atoms with Crippen molar-refractivity contribution in [1.29, 1.82) is 0 Å². The van der Waals surface area contributed by atoms with E-state index in [2.05, 4.69) is 63.9 Å². The molecule has 23 heavy (non-hydrogen) atoms. The molecule has 0 radical (unpaired) electrons. The summed E-state index contributed by atoms with van der Waals surface area (Å²) in [4.78, 5) is 4.57. The van der Waals surface area contributed by atoms with Gasteiger partial charge in [0.15, 0.2) is 0 Å². The molecule has 0 saturated carbocycles. The van der Waals surface area contributed by atoms with Crippen LogP contribution in [0.3, 0.4) is 0 Å². The molecule has 0 aliphatic carbocycles. The van der Waals surface area contributed by atoms with Crippen LogP contribution in [0.15, 0.2) is 73.2 Å². The molecule has 0 bridgehead atoms. The van der Waals surface area contributed by atoms with Crippen LogP contribution in [0.4, 0.5) is 5.69 Å². The van der Waals surface area contributed by atoms with Crippen LogP contribution in [-0.2, 0) is 0 Å². The Morgan fingerprint density at radius 1 is 0.913 bits per heavy atom. The summed E-state index contributed by atoms with van der Waals surface area (Å²) >= 11 is 0. The van der Waals surface area contributed by atoms with Gasteiger partial charge >= 0.3 is 0 Å². The summed E-state index contributed by atoms with van der Waals surface area (Å²) in [7, 11) is 0. The van der Waals surface area contributed by atoms with E-state index in [4.69, 9.17) is 0 Å². The number of nitrogens with one attached hydrogen (secondary N) is 1. The monoisotopic (exact) mass is 298 g/mol. The van der Waals surface area contributed by atoms with Gasteiger partial charge in [0.25, 0.3) is 0 Å². The first-order valence-corrected chi connectivity index (χ1v) is 7.65. The molecule has 2 aromatic heterocycles. The van der Waals surface area contributed by atoms with Gasteiger partial charge in [-0.05, 0) is 17.7 Å². The summed E-state index contributed by atoms with van der Waals surface area (Å²) in [6, 6.07) is 21.0. The minimum atomic E-state index is 0.0783. The fourth-order valence-corrected chi connectivity index (χ4v) is 3.37. The maximum absolute atomic E-state index is 4.57. The fourth-order valence-electron chi connectivity index (χ4n) is 3.37. The Morgan fingerprint density at radius 3 is 2.65 bits per heavy atom. The average Bonchev–Trinajstić information content (AvgIpc) is 2.98. The van der Waals surface area contributed by atoms with Gasteiger partial charge in [0.1, 0.15) is 12.0 Å². The van der Waals surface area contributed by atoms with E-state index >= 15 is 0 Å². The lowest BCUT2D eigenvalue weighted by molar-refractivity contribution is 0.899. The lowest BCUT2D eigenvalue weighted by Crippen LogP contribution is -2.11. The van der Waals surface area contributed by atoms with Gasteiger partial charge in [-0.1, -0.05) is 48.5 Å². The van der Waals surface area contributed by atoms with Gasteiger partial charge < -0.3 is 5.32 Å². The van der Waals surface area contributed by atoms with E-state index in [9.17, 15) is 0 Å². The van der Waals surface area contributed by atoms with Crippen molar-refractivity contribution < 1.29 is 0 Å². The van der Waals surface area contributed by atoms with E-state index in [0.717, 1.165) is 22.5 Å². The molecule has 1 aliphatic heterocycles. The number of anilines is 1. The maximum atomic E-state index is 4.57. The SMILES string of the molecule is c1ccc(C2Nc3ccccc3-c3ncnn4ccc2c34)cc1. The number of fused-ring (bicyclic) bond motifs is 2. The third-order valence-electron chi connectivity index (χ3n) is 4.41. The molecule has 4 nitrogen and oxygen atoms in total. The molecule has 4 aromatic rings. The molecule has 0 amide bonds. The molecule has 0 spiro atoms. The number of hydrogen-bond donors (Lipinski definition) is 1.